The van der Waals surface area contributed by atoms with E-state index < -0.39 is 0 Å². The number of aryl methyl sites for hydroxylation is 1. The molecule has 0 aromatic carbocycles. The lowest BCUT2D eigenvalue weighted by Crippen LogP contribution is -2.25. The fourth-order valence-electron chi connectivity index (χ4n) is 1.33. The fourth-order valence-corrected chi connectivity index (χ4v) is 2.04. The molecule has 0 unspecified atom stereocenters. The first-order valence-corrected chi connectivity index (χ1v) is 6.04. The number of carbonyl (C=O) groups is 1. The Morgan fingerprint density at radius 2 is 2.12 bits per heavy atom. The van der Waals surface area contributed by atoms with Crippen molar-refractivity contribution < 1.29 is 4.79 Å². The van der Waals surface area contributed by atoms with Gasteiger partial charge in [0.2, 0.25) is 0 Å². The van der Waals surface area contributed by atoms with Crippen molar-refractivity contribution in [1.82, 2.24) is 20.5 Å². The topological polar surface area (TPSA) is 67.8 Å². The number of amides is 1. The Labute approximate surface area is 103 Å². The Morgan fingerprint density at radius 3 is 2.76 bits per heavy atom. The summed E-state index contributed by atoms with van der Waals surface area (Å²) in [4.78, 5) is 15.5. The third-order valence-corrected chi connectivity index (χ3v) is 3.03. The summed E-state index contributed by atoms with van der Waals surface area (Å²) in [6.45, 7) is 2.48. The van der Waals surface area contributed by atoms with Gasteiger partial charge in [-0.1, -0.05) is 0 Å². The number of hydrogen-bond acceptors (Lipinski definition) is 5. The molecule has 2 rings (SSSR count). The summed E-state index contributed by atoms with van der Waals surface area (Å²) >= 11 is 1.55. The van der Waals surface area contributed by atoms with Gasteiger partial charge in [0.1, 0.15) is 10.0 Å². The van der Waals surface area contributed by atoms with Gasteiger partial charge in [-0.3, -0.25) is 9.78 Å². The van der Waals surface area contributed by atoms with E-state index in [2.05, 4.69) is 20.5 Å². The van der Waals surface area contributed by atoms with Crippen LogP contribution in [0, 0.1) is 6.92 Å². The first-order chi connectivity index (χ1) is 8.25. The smallest absolute Gasteiger partial charge is 0.251 e. The van der Waals surface area contributed by atoms with Gasteiger partial charge < -0.3 is 5.32 Å². The summed E-state index contributed by atoms with van der Waals surface area (Å²) in [6.07, 6.45) is 3.91. The lowest BCUT2D eigenvalue weighted by molar-refractivity contribution is 0.0954. The summed E-state index contributed by atoms with van der Waals surface area (Å²) < 4.78 is 0. The van der Waals surface area contributed by atoms with Crippen LogP contribution in [-0.2, 0) is 6.42 Å². The van der Waals surface area contributed by atoms with E-state index in [1.807, 2.05) is 6.92 Å². The second-order valence-electron chi connectivity index (χ2n) is 3.46. The van der Waals surface area contributed by atoms with Crippen LogP contribution in [0.4, 0.5) is 0 Å². The zero-order valence-corrected chi connectivity index (χ0v) is 10.2. The molecule has 0 aliphatic carbocycles. The summed E-state index contributed by atoms with van der Waals surface area (Å²) in [5.74, 6) is -0.0892. The first-order valence-electron chi connectivity index (χ1n) is 5.23. The maximum absolute atomic E-state index is 11.7. The van der Waals surface area contributed by atoms with Crippen molar-refractivity contribution >= 4 is 17.2 Å². The van der Waals surface area contributed by atoms with Crippen LogP contribution >= 0.6 is 11.3 Å². The summed E-state index contributed by atoms with van der Waals surface area (Å²) in [5.41, 5.74) is 0.619. The van der Waals surface area contributed by atoms with Crippen LogP contribution in [0.1, 0.15) is 20.4 Å². The van der Waals surface area contributed by atoms with Crippen LogP contribution in [0.25, 0.3) is 0 Å². The van der Waals surface area contributed by atoms with Gasteiger partial charge in [-0.15, -0.1) is 21.5 Å². The van der Waals surface area contributed by atoms with Gasteiger partial charge in [0.25, 0.3) is 5.91 Å². The normalized spacial score (nSPS) is 10.2. The standard InChI is InChI=1S/C11H12N4OS/c1-8-14-15-10(17-8)4-7-13-11(16)9-2-5-12-6-3-9/h2-3,5-6H,4,7H2,1H3,(H,13,16). The molecule has 0 radical (unpaired) electrons. The molecule has 0 fully saturated rings. The van der Waals surface area contributed by atoms with E-state index in [4.69, 9.17) is 0 Å². The Hall–Kier alpha value is -1.82. The molecule has 0 saturated heterocycles. The molecule has 0 saturated carbocycles. The van der Waals surface area contributed by atoms with Gasteiger partial charge in [-0.05, 0) is 19.1 Å². The van der Waals surface area contributed by atoms with Crippen LogP contribution in [0.15, 0.2) is 24.5 Å². The fraction of sp³-hybridized carbons (Fsp3) is 0.273. The molecular weight excluding hydrogens is 236 g/mol. The number of aromatic nitrogens is 3. The number of hydrogen-bond donors (Lipinski definition) is 1. The van der Waals surface area contributed by atoms with Gasteiger partial charge in [0.05, 0.1) is 0 Å². The monoisotopic (exact) mass is 248 g/mol. The van der Waals surface area contributed by atoms with E-state index in [-0.39, 0.29) is 5.91 Å². The summed E-state index contributed by atoms with van der Waals surface area (Å²) in [6, 6.07) is 3.37. The van der Waals surface area contributed by atoms with E-state index in [9.17, 15) is 4.79 Å². The average Bonchev–Trinajstić information content (AvgIpc) is 2.76. The predicted octanol–water partition coefficient (Wildman–Crippen LogP) is 1.21. The first kappa shape index (κ1) is 11.7. The number of carbonyl (C=O) groups excluding carboxylic acids is 1. The molecule has 2 aromatic rings. The highest BCUT2D eigenvalue weighted by Crippen LogP contribution is 2.07. The molecule has 88 valence electrons. The lowest BCUT2D eigenvalue weighted by atomic mass is 10.2. The van der Waals surface area contributed by atoms with Crippen molar-refractivity contribution in [3.05, 3.63) is 40.1 Å². The van der Waals surface area contributed by atoms with Crippen molar-refractivity contribution in [2.75, 3.05) is 6.54 Å². The molecule has 2 heterocycles. The Balaban J connectivity index is 1.81. The number of nitrogens with one attached hydrogen (secondary N) is 1. The van der Waals surface area contributed by atoms with Gasteiger partial charge in [0.15, 0.2) is 0 Å². The van der Waals surface area contributed by atoms with Crippen LogP contribution in [0.2, 0.25) is 0 Å². The predicted molar refractivity (Wildman–Crippen MR) is 64.9 cm³/mol. The van der Waals surface area contributed by atoms with Crippen molar-refractivity contribution in [2.45, 2.75) is 13.3 Å². The van der Waals surface area contributed by atoms with Crippen molar-refractivity contribution in [3.63, 3.8) is 0 Å². The average molecular weight is 248 g/mol. The van der Waals surface area contributed by atoms with Gasteiger partial charge in [0, 0.05) is 30.9 Å². The molecule has 0 aliphatic heterocycles. The zero-order valence-electron chi connectivity index (χ0n) is 9.38. The summed E-state index contributed by atoms with van der Waals surface area (Å²) in [7, 11) is 0. The maximum Gasteiger partial charge on any atom is 0.251 e. The second-order valence-corrected chi connectivity index (χ2v) is 4.72. The highest BCUT2D eigenvalue weighted by molar-refractivity contribution is 7.11. The molecular formula is C11H12N4OS. The molecule has 0 bridgehead atoms. The third kappa shape index (κ3) is 3.32. The number of pyridine rings is 1. The van der Waals surface area contributed by atoms with Crippen molar-refractivity contribution in [3.8, 4) is 0 Å². The molecule has 1 N–H and O–H groups in total. The van der Waals surface area contributed by atoms with Crippen molar-refractivity contribution in [2.24, 2.45) is 0 Å². The quantitative estimate of drug-likeness (QED) is 0.883. The van der Waals surface area contributed by atoms with Gasteiger partial charge in [-0.2, -0.15) is 0 Å². The molecule has 0 atom stereocenters. The van der Waals surface area contributed by atoms with Gasteiger partial charge >= 0.3 is 0 Å². The molecule has 5 nitrogen and oxygen atoms in total. The third-order valence-electron chi connectivity index (χ3n) is 2.13. The Kier molecular flexibility index (Phi) is 3.77. The lowest BCUT2D eigenvalue weighted by Gasteiger charge is -2.02. The minimum Gasteiger partial charge on any atom is -0.352 e. The van der Waals surface area contributed by atoms with E-state index >= 15 is 0 Å². The molecule has 17 heavy (non-hydrogen) atoms. The van der Waals surface area contributed by atoms with E-state index in [1.54, 1.807) is 35.9 Å². The largest absolute Gasteiger partial charge is 0.352 e. The SMILES string of the molecule is Cc1nnc(CCNC(=O)c2ccncc2)s1. The highest BCUT2D eigenvalue weighted by Gasteiger charge is 2.05. The molecule has 2 aromatic heterocycles. The van der Waals surface area contributed by atoms with E-state index in [0.717, 1.165) is 10.0 Å². The Bertz CT molecular complexity index is 497. The highest BCUT2D eigenvalue weighted by atomic mass is 32.1. The second kappa shape index (κ2) is 5.49. The van der Waals surface area contributed by atoms with E-state index in [0.29, 0.717) is 18.5 Å². The number of nitrogens with zero attached hydrogens (tertiary/aromatic N) is 3. The van der Waals surface area contributed by atoms with Crippen molar-refractivity contribution in [1.29, 1.82) is 0 Å². The summed E-state index contributed by atoms with van der Waals surface area (Å²) in [5, 5.41) is 12.6. The van der Waals surface area contributed by atoms with E-state index in [1.165, 1.54) is 0 Å². The Morgan fingerprint density at radius 1 is 1.35 bits per heavy atom. The maximum atomic E-state index is 11.7. The van der Waals surface area contributed by atoms with Crippen LogP contribution < -0.4 is 5.32 Å². The van der Waals surface area contributed by atoms with Crippen LogP contribution in [-0.4, -0.2) is 27.6 Å². The molecule has 0 aliphatic rings. The number of rotatable bonds is 4. The molecule has 1 amide bonds. The molecule has 6 heteroatoms. The molecule has 0 spiro atoms. The minimum atomic E-state index is -0.0892. The zero-order chi connectivity index (χ0) is 12.1. The van der Waals surface area contributed by atoms with Crippen LogP contribution in [0.3, 0.4) is 0 Å². The van der Waals surface area contributed by atoms with Gasteiger partial charge in [-0.25, -0.2) is 0 Å². The van der Waals surface area contributed by atoms with Crippen LogP contribution in [0.5, 0.6) is 0 Å². The minimum absolute atomic E-state index is 0.0892.